The van der Waals surface area contributed by atoms with Gasteiger partial charge in [-0.25, -0.2) is 9.98 Å². The molecule has 0 unspecified atom stereocenters. The Morgan fingerprint density at radius 3 is 2.90 bits per heavy atom. The van der Waals surface area contributed by atoms with E-state index in [0.717, 1.165) is 63.4 Å². The molecule has 0 spiro atoms. The van der Waals surface area contributed by atoms with Crippen molar-refractivity contribution in [2.75, 3.05) is 26.2 Å². The molecule has 7 nitrogen and oxygen atoms in total. The maximum absolute atomic E-state index is 11.7. The highest BCUT2D eigenvalue weighted by Crippen LogP contribution is 2.22. The third-order valence-electron chi connectivity index (χ3n) is 5.47. The van der Waals surface area contributed by atoms with Gasteiger partial charge in [-0.3, -0.25) is 4.79 Å². The van der Waals surface area contributed by atoms with Crippen molar-refractivity contribution in [1.82, 2.24) is 20.5 Å². The predicted molar refractivity (Wildman–Crippen MR) is 115 cm³/mol. The van der Waals surface area contributed by atoms with Gasteiger partial charge in [0.05, 0.1) is 6.54 Å². The van der Waals surface area contributed by atoms with E-state index in [1.807, 2.05) is 17.0 Å². The Morgan fingerprint density at radius 2 is 2.14 bits per heavy atom. The summed E-state index contributed by atoms with van der Waals surface area (Å²) < 4.78 is 6.06. The Balaban J connectivity index is 1.45. The van der Waals surface area contributed by atoms with Gasteiger partial charge in [0.2, 0.25) is 11.8 Å². The van der Waals surface area contributed by atoms with Crippen molar-refractivity contribution in [1.29, 1.82) is 0 Å². The second-order valence-corrected chi connectivity index (χ2v) is 7.84. The Hall–Kier alpha value is -2.31. The fourth-order valence-corrected chi connectivity index (χ4v) is 3.90. The number of pyridine rings is 1. The molecule has 1 aromatic rings. The van der Waals surface area contributed by atoms with Gasteiger partial charge >= 0.3 is 0 Å². The lowest BCUT2D eigenvalue weighted by Crippen LogP contribution is -2.39. The zero-order valence-electron chi connectivity index (χ0n) is 17.7. The molecular formula is C22H35N5O2. The first kappa shape index (κ1) is 21.4. The highest BCUT2D eigenvalue weighted by atomic mass is 16.5. The average Bonchev–Trinajstić information content (AvgIpc) is 3.15. The van der Waals surface area contributed by atoms with E-state index in [1.165, 1.54) is 19.3 Å². The Bertz CT molecular complexity index is 673. The number of ether oxygens (including phenoxy) is 1. The molecule has 1 aromatic heterocycles. The molecule has 29 heavy (non-hydrogen) atoms. The number of carbonyl (C=O) groups is 1. The number of hydrogen-bond donors (Lipinski definition) is 2. The van der Waals surface area contributed by atoms with Gasteiger partial charge < -0.3 is 20.3 Å². The van der Waals surface area contributed by atoms with Crippen molar-refractivity contribution in [3.05, 3.63) is 23.9 Å². The topological polar surface area (TPSA) is 78.9 Å². The fourth-order valence-electron chi connectivity index (χ4n) is 3.90. The van der Waals surface area contributed by atoms with E-state index in [-0.39, 0.29) is 5.91 Å². The Morgan fingerprint density at radius 1 is 1.28 bits per heavy atom. The molecule has 2 N–H and O–H groups in total. The lowest BCUT2D eigenvalue weighted by Gasteiger charge is -2.22. The van der Waals surface area contributed by atoms with E-state index < -0.39 is 0 Å². The summed E-state index contributed by atoms with van der Waals surface area (Å²) in [6, 6.07) is 3.99. The van der Waals surface area contributed by atoms with Crippen molar-refractivity contribution >= 4 is 11.9 Å². The van der Waals surface area contributed by atoms with Gasteiger partial charge in [-0.2, -0.15) is 0 Å². The molecule has 1 aliphatic heterocycles. The van der Waals surface area contributed by atoms with Crippen LogP contribution in [0.2, 0.25) is 0 Å². The highest BCUT2D eigenvalue weighted by Gasteiger charge is 2.19. The van der Waals surface area contributed by atoms with Crippen LogP contribution >= 0.6 is 0 Å². The van der Waals surface area contributed by atoms with Crippen LogP contribution in [0.3, 0.4) is 0 Å². The lowest BCUT2D eigenvalue weighted by atomic mass is 9.98. The van der Waals surface area contributed by atoms with E-state index in [4.69, 9.17) is 4.74 Å². The molecule has 0 aromatic carbocycles. The summed E-state index contributed by atoms with van der Waals surface area (Å²) in [5.41, 5.74) is 1.09. The van der Waals surface area contributed by atoms with Crippen LogP contribution in [0.4, 0.5) is 0 Å². The number of amides is 1. The average molecular weight is 402 g/mol. The zero-order valence-corrected chi connectivity index (χ0v) is 17.7. The third kappa shape index (κ3) is 7.22. The molecule has 2 aliphatic rings. The maximum atomic E-state index is 11.7. The van der Waals surface area contributed by atoms with Gasteiger partial charge in [-0.1, -0.05) is 6.42 Å². The van der Waals surface area contributed by atoms with Crippen LogP contribution in [0, 0.1) is 0 Å². The molecule has 7 heteroatoms. The van der Waals surface area contributed by atoms with Crippen molar-refractivity contribution < 1.29 is 9.53 Å². The van der Waals surface area contributed by atoms with Crippen LogP contribution in [0.15, 0.2) is 23.3 Å². The number of carbonyl (C=O) groups excluding carboxylic acids is 1. The lowest BCUT2D eigenvalue weighted by molar-refractivity contribution is -0.127. The maximum Gasteiger partial charge on any atom is 0.222 e. The van der Waals surface area contributed by atoms with Crippen LogP contribution in [-0.4, -0.2) is 54.0 Å². The molecule has 0 atom stereocenters. The van der Waals surface area contributed by atoms with Crippen molar-refractivity contribution in [3.63, 3.8) is 0 Å². The fraction of sp³-hybridized carbons (Fsp3) is 0.682. The van der Waals surface area contributed by atoms with Gasteiger partial charge in [-0.15, -0.1) is 0 Å². The van der Waals surface area contributed by atoms with E-state index in [9.17, 15) is 4.79 Å². The summed E-state index contributed by atoms with van der Waals surface area (Å²) >= 11 is 0. The van der Waals surface area contributed by atoms with Crippen LogP contribution < -0.4 is 15.4 Å². The number of aromatic nitrogens is 1. The number of nitrogens with one attached hydrogen (secondary N) is 2. The first-order chi connectivity index (χ1) is 14.2. The van der Waals surface area contributed by atoms with Crippen molar-refractivity contribution in [2.45, 2.75) is 70.9 Å². The Kier molecular flexibility index (Phi) is 8.58. The number of hydrogen-bond acceptors (Lipinski definition) is 4. The monoisotopic (exact) mass is 401 g/mol. The third-order valence-corrected chi connectivity index (χ3v) is 5.47. The molecular weight excluding hydrogens is 366 g/mol. The summed E-state index contributed by atoms with van der Waals surface area (Å²) in [4.78, 5) is 22.7. The number of rotatable bonds is 9. The molecule has 2 heterocycles. The first-order valence-electron chi connectivity index (χ1n) is 11.2. The molecule has 2 fully saturated rings. The van der Waals surface area contributed by atoms with Crippen LogP contribution in [0.1, 0.15) is 63.9 Å². The SMILES string of the molecule is CCNC(=NCc1ccnc(OC2CCCCC2)c1)NCCCN1CCCC1=O. The summed E-state index contributed by atoms with van der Waals surface area (Å²) in [5.74, 6) is 1.79. The largest absolute Gasteiger partial charge is 0.474 e. The smallest absolute Gasteiger partial charge is 0.222 e. The van der Waals surface area contributed by atoms with Crippen LogP contribution in [0.25, 0.3) is 0 Å². The molecule has 1 aliphatic carbocycles. The minimum absolute atomic E-state index is 0.287. The quantitative estimate of drug-likeness (QED) is 0.378. The zero-order chi connectivity index (χ0) is 20.3. The van der Waals surface area contributed by atoms with E-state index in [1.54, 1.807) is 6.20 Å². The molecule has 3 rings (SSSR count). The summed E-state index contributed by atoms with van der Waals surface area (Å²) in [6.45, 7) is 5.95. The second kappa shape index (κ2) is 11.6. The molecule has 1 amide bonds. The minimum Gasteiger partial charge on any atom is -0.474 e. The van der Waals surface area contributed by atoms with Gasteiger partial charge in [0.25, 0.3) is 0 Å². The predicted octanol–water partition coefficient (Wildman–Crippen LogP) is 2.86. The van der Waals surface area contributed by atoms with E-state index >= 15 is 0 Å². The Labute approximate surface area is 174 Å². The van der Waals surface area contributed by atoms with E-state index in [0.29, 0.717) is 24.9 Å². The number of nitrogens with zero attached hydrogens (tertiary/aromatic N) is 3. The van der Waals surface area contributed by atoms with Gasteiger partial charge in [0.15, 0.2) is 5.96 Å². The minimum atomic E-state index is 0.287. The first-order valence-corrected chi connectivity index (χ1v) is 11.2. The molecule has 0 bridgehead atoms. The second-order valence-electron chi connectivity index (χ2n) is 7.84. The molecule has 1 saturated carbocycles. The number of likely N-dealkylation sites (tertiary alicyclic amines) is 1. The van der Waals surface area contributed by atoms with Crippen LogP contribution in [-0.2, 0) is 11.3 Å². The van der Waals surface area contributed by atoms with Crippen molar-refractivity contribution in [2.24, 2.45) is 4.99 Å². The highest BCUT2D eigenvalue weighted by molar-refractivity contribution is 5.79. The van der Waals surface area contributed by atoms with Gasteiger partial charge in [-0.05, 0) is 57.1 Å². The van der Waals surface area contributed by atoms with Crippen molar-refractivity contribution in [3.8, 4) is 5.88 Å². The van der Waals surface area contributed by atoms with Gasteiger partial charge in [0, 0.05) is 44.9 Å². The molecule has 1 saturated heterocycles. The van der Waals surface area contributed by atoms with E-state index in [2.05, 4.69) is 27.5 Å². The summed E-state index contributed by atoms with van der Waals surface area (Å²) in [6.07, 6.45) is 10.8. The van der Waals surface area contributed by atoms with Gasteiger partial charge in [0.1, 0.15) is 6.10 Å². The number of guanidine groups is 1. The summed E-state index contributed by atoms with van der Waals surface area (Å²) in [7, 11) is 0. The standard InChI is InChI=1S/C22H35N5O2/c1-2-23-22(25-12-7-15-27-14-6-10-21(27)28)26-17-18-11-13-24-20(16-18)29-19-8-4-3-5-9-19/h11,13,16,19H,2-10,12,14-15,17H2,1H3,(H2,23,25,26). The molecule has 0 radical (unpaired) electrons. The molecule has 160 valence electrons. The normalized spacial score (nSPS) is 18.2. The number of aliphatic imine (C=N–C) groups is 1. The summed E-state index contributed by atoms with van der Waals surface area (Å²) in [5, 5.41) is 6.65. The van der Waals surface area contributed by atoms with Crippen LogP contribution in [0.5, 0.6) is 5.88 Å².